The number of β-amino-alcohol motifs (C(OH)–C–C–N with tert-alkyl or cyclic N) is 1. The topological polar surface area (TPSA) is 64.6 Å². The standard InChI is InChI=1S/C12H23N3O2/c1-2-15-4-3-9(8-15)6-14-12(17)11-5-10(16)7-13-11/h9-11,13,16H,2-8H2,1H3,(H,14,17). The van der Waals surface area contributed by atoms with E-state index in [9.17, 15) is 9.90 Å². The van der Waals surface area contributed by atoms with Crippen molar-refractivity contribution in [3.8, 4) is 0 Å². The molecule has 2 aliphatic rings. The lowest BCUT2D eigenvalue weighted by Crippen LogP contribution is -2.42. The van der Waals surface area contributed by atoms with Crippen molar-refractivity contribution in [3.05, 3.63) is 0 Å². The number of aliphatic hydroxyl groups is 1. The van der Waals surface area contributed by atoms with Gasteiger partial charge in [-0.1, -0.05) is 6.92 Å². The lowest BCUT2D eigenvalue weighted by atomic mass is 10.1. The van der Waals surface area contributed by atoms with Gasteiger partial charge in [-0.3, -0.25) is 4.79 Å². The van der Waals surface area contributed by atoms with E-state index in [-0.39, 0.29) is 18.1 Å². The van der Waals surface area contributed by atoms with Gasteiger partial charge in [0.25, 0.3) is 0 Å². The van der Waals surface area contributed by atoms with Crippen LogP contribution in [0.2, 0.25) is 0 Å². The summed E-state index contributed by atoms with van der Waals surface area (Å²) in [6.07, 6.45) is 1.35. The van der Waals surface area contributed by atoms with Crippen LogP contribution in [0.25, 0.3) is 0 Å². The fourth-order valence-electron chi connectivity index (χ4n) is 2.65. The number of nitrogens with one attached hydrogen (secondary N) is 2. The van der Waals surface area contributed by atoms with Crippen LogP contribution in [0.5, 0.6) is 0 Å². The van der Waals surface area contributed by atoms with Gasteiger partial charge in [-0.25, -0.2) is 0 Å². The molecule has 2 rings (SSSR count). The summed E-state index contributed by atoms with van der Waals surface area (Å²) in [6.45, 7) is 6.81. The maximum Gasteiger partial charge on any atom is 0.237 e. The third-order valence-corrected chi connectivity index (χ3v) is 3.81. The van der Waals surface area contributed by atoms with Gasteiger partial charge in [0.15, 0.2) is 0 Å². The lowest BCUT2D eigenvalue weighted by molar-refractivity contribution is -0.123. The number of carbonyl (C=O) groups is 1. The highest BCUT2D eigenvalue weighted by molar-refractivity contribution is 5.82. The van der Waals surface area contributed by atoms with Gasteiger partial charge < -0.3 is 20.6 Å². The Hall–Kier alpha value is -0.650. The zero-order chi connectivity index (χ0) is 12.3. The average Bonchev–Trinajstić information content (AvgIpc) is 2.94. The van der Waals surface area contributed by atoms with Crippen molar-refractivity contribution in [2.24, 2.45) is 5.92 Å². The molecule has 0 aromatic rings. The van der Waals surface area contributed by atoms with Gasteiger partial charge in [-0.2, -0.15) is 0 Å². The smallest absolute Gasteiger partial charge is 0.237 e. The number of aliphatic hydroxyl groups excluding tert-OH is 1. The minimum Gasteiger partial charge on any atom is -0.392 e. The normalized spacial score (nSPS) is 34.1. The van der Waals surface area contributed by atoms with Crippen LogP contribution in [0, 0.1) is 5.92 Å². The van der Waals surface area contributed by atoms with Crippen molar-refractivity contribution in [3.63, 3.8) is 0 Å². The number of nitrogens with zero attached hydrogens (tertiary/aromatic N) is 1. The predicted molar refractivity (Wildman–Crippen MR) is 65.6 cm³/mol. The van der Waals surface area contributed by atoms with E-state index >= 15 is 0 Å². The second kappa shape index (κ2) is 5.80. The number of likely N-dealkylation sites (tertiary alicyclic amines) is 1. The highest BCUT2D eigenvalue weighted by Crippen LogP contribution is 2.14. The van der Waals surface area contributed by atoms with Crippen LogP contribution in [-0.2, 0) is 4.79 Å². The Kier molecular flexibility index (Phi) is 4.36. The van der Waals surface area contributed by atoms with Crippen molar-refractivity contribution >= 4 is 5.91 Å². The largest absolute Gasteiger partial charge is 0.392 e. The van der Waals surface area contributed by atoms with E-state index in [1.165, 1.54) is 6.42 Å². The minimum atomic E-state index is -0.368. The number of amides is 1. The van der Waals surface area contributed by atoms with Crippen molar-refractivity contribution in [2.75, 3.05) is 32.7 Å². The number of rotatable bonds is 4. The number of hydrogen-bond acceptors (Lipinski definition) is 4. The molecule has 3 atom stereocenters. The molecular weight excluding hydrogens is 218 g/mol. The van der Waals surface area contributed by atoms with Crippen LogP contribution < -0.4 is 10.6 Å². The number of hydrogen-bond donors (Lipinski definition) is 3. The van der Waals surface area contributed by atoms with E-state index in [4.69, 9.17) is 0 Å². The second-order valence-electron chi connectivity index (χ2n) is 5.14. The third-order valence-electron chi connectivity index (χ3n) is 3.81. The first kappa shape index (κ1) is 12.8. The first-order valence-corrected chi connectivity index (χ1v) is 6.60. The molecule has 2 saturated heterocycles. The van der Waals surface area contributed by atoms with Gasteiger partial charge in [-0.15, -0.1) is 0 Å². The number of carbonyl (C=O) groups excluding carboxylic acids is 1. The van der Waals surface area contributed by atoms with E-state index < -0.39 is 0 Å². The molecular formula is C12H23N3O2. The fraction of sp³-hybridized carbons (Fsp3) is 0.917. The van der Waals surface area contributed by atoms with Crippen LogP contribution in [0.15, 0.2) is 0 Å². The molecule has 0 bridgehead atoms. The molecule has 2 aliphatic heterocycles. The zero-order valence-corrected chi connectivity index (χ0v) is 10.5. The zero-order valence-electron chi connectivity index (χ0n) is 10.5. The van der Waals surface area contributed by atoms with Crippen LogP contribution >= 0.6 is 0 Å². The molecule has 5 nitrogen and oxygen atoms in total. The first-order chi connectivity index (χ1) is 8.19. The molecule has 0 aromatic heterocycles. The molecule has 1 amide bonds. The predicted octanol–water partition coefficient (Wildman–Crippen LogP) is -0.833. The van der Waals surface area contributed by atoms with E-state index in [0.29, 0.717) is 18.9 Å². The van der Waals surface area contributed by atoms with E-state index in [2.05, 4.69) is 22.5 Å². The molecule has 3 unspecified atom stereocenters. The maximum absolute atomic E-state index is 11.8. The van der Waals surface area contributed by atoms with Crippen LogP contribution in [0.4, 0.5) is 0 Å². The molecule has 3 N–H and O–H groups in total. The highest BCUT2D eigenvalue weighted by atomic mass is 16.3. The molecule has 0 aromatic carbocycles. The van der Waals surface area contributed by atoms with Gasteiger partial charge in [0, 0.05) is 19.6 Å². The molecule has 2 fully saturated rings. The van der Waals surface area contributed by atoms with Gasteiger partial charge in [0.05, 0.1) is 12.1 Å². The Balaban J connectivity index is 1.66. The quantitative estimate of drug-likeness (QED) is 0.601. The van der Waals surface area contributed by atoms with Crippen LogP contribution in [0.3, 0.4) is 0 Å². The molecule has 17 heavy (non-hydrogen) atoms. The molecule has 2 heterocycles. The van der Waals surface area contributed by atoms with Crippen LogP contribution in [-0.4, -0.2) is 60.8 Å². The summed E-state index contributed by atoms with van der Waals surface area (Å²) in [5.41, 5.74) is 0. The summed E-state index contributed by atoms with van der Waals surface area (Å²) in [4.78, 5) is 14.2. The summed E-state index contributed by atoms with van der Waals surface area (Å²) in [7, 11) is 0. The monoisotopic (exact) mass is 241 g/mol. The van der Waals surface area contributed by atoms with Gasteiger partial charge in [0.1, 0.15) is 0 Å². The fourth-order valence-corrected chi connectivity index (χ4v) is 2.65. The Bertz CT molecular complexity index is 272. The first-order valence-electron chi connectivity index (χ1n) is 6.60. The van der Waals surface area contributed by atoms with Crippen molar-refractivity contribution < 1.29 is 9.90 Å². The van der Waals surface area contributed by atoms with E-state index in [0.717, 1.165) is 26.2 Å². The summed E-state index contributed by atoms with van der Waals surface area (Å²) in [5.74, 6) is 0.627. The van der Waals surface area contributed by atoms with Gasteiger partial charge in [-0.05, 0) is 31.8 Å². The van der Waals surface area contributed by atoms with Gasteiger partial charge in [0.2, 0.25) is 5.91 Å². The van der Waals surface area contributed by atoms with Crippen molar-refractivity contribution in [1.82, 2.24) is 15.5 Å². The third kappa shape index (κ3) is 3.40. The molecule has 0 aliphatic carbocycles. The summed E-state index contributed by atoms with van der Waals surface area (Å²) in [6, 6.07) is -0.200. The summed E-state index contributed by atoms with van der Waals surface area (Å²) < 4.78 is 0. The molecule has 5 heteroatoms. The second-order valence-corrected chi connectivity index (χ2v) is 5.14. The molecule has 98 valence electrons. The Labute approximate surface area is 103 Å². The SMILES string of the molecule is CCN1CCC(CNC(=O)C2CC(O)CN2)C1. The lowest BCUT2D eigenvalue weighted by Gasteiger charge is -2.15. The molecule has 0 radical (unpaired) electrons. The van der Waals surface area contributed by atoms with E-state index in [1.54, 1.807) is 0 Å². The summed E-state index contributed by atoms with van der Waals surface area (Å²) >= 11 is 0. The Morgan fingerprint density at radius 2 is 2.41 bits per heavy atom. The molecule has 0 saturated carbocycles. The maximum atomic E-state index is 11.8. The Morgan fingerprint density at radius 1 is 1.59 bits per heavy atom. The summed E-state index contributed by atoms with van der Waals surface area (Å²) in [5, 5.41) is 15.4. The van der Waals surface area contributed by atoms with Gasteiger partial charge >= 0.3 is 0 Å². The Morgan fingerprint density at radius 3 is 3.00 bits per heavy atom. The average molecular weight is 241 g/mol. The highest BCUT2D eigenvalue weighted by Gasteiger charge is 2.29. The van der Waals surface area contributed by atoms with E-state index in [1.807, 2.05) is 0 Å². The minimum absolute atomic E-state index is 0.0384. The molecule has 0 spiro atoms. The van der Waals surface area contributed by atoms with Crippen molar-refractivity contribution in [1.29, 1.82) is 0 Å². The van der Waals surface area contributed by atoms with Crippen LogP contribution in [0.1, 0.15) is 19.8 Å². The van der Waals surface area contributed by atoms with Crippen molar-refractivity contribution in [2.45, 2.75) is 31.9 Å².